The number of hydrogen-bond acceptors (Lipinski definition) is 3. The minimum Gasteiger partial charge on any atom is -0.338 e. The Morgan fingerprint density at radius 2 is 2.16 bits per heavy atom. The van der Waals surface area contributed by atoms with Gasteiger partial charge in [-0.2, -0.15) is 0 Å². The van der Waals surface area contributed by atoms with Gasteiger partial charge in [0.1, 0.15) is 0 Å². The molecule has 0 bridgehead atoms. The van der Waals surface area contributed by atoms with Crippen molar-refractivity contribution in [2.75, 3.05) is 13.6 Å². The Morgan fingerprint density at radius 3 is 2.79 bits per heavy atom. The molecule has 6 nitrogen and oxygen atoms in total. The first-order valence-corrected chi connectivity index (χ1v) is 6.32. The van der Waals surface area contributed by atoms with Gasteiger partial charge in [0.15, 0.2) is 0 Å². The first-order valence-electron chi connectivity index (χ1n) is 6.32. The van der Waals surface area contributed by atoms with E-state index >= 15 is 0 Å². The maximum absolute atomic E-state index is 11.7. The summed E-state index contributed by atoms with van der Waals surface area (Å²) in [6.07, 6.45) is 2.59. The summed E-state index contributed by atoms with van der Waals surface area (Å²) in [4.78, 5) is 23.8. The second kappa shape index (κ2) is 5.69. The van der Waals surface area contributed by atoms with Gasteiger partial charge in [-0.15, -0.1) is 0 Å². The van der Waals surface area contributed by atoms with Crippen LogP contribution in [0.3, 0.4) is 0 Å². The highest BCUT2D eigenvalue weighted by molar-refractivity contribution is 5.74. The molecule has 0 spiro atoms. The molecule has 1 aliphatic rings. The van der Waals surface area contributed by atoms with Crippen LogP contribution in [-0.2, 0) is 6.42 Å². The summed E-state index contributed by atoms with van der Waals surface area (Å²) in [7, 11) is 1.78. The molecule has 6 heteroatoms. The number of carbonyl (C=O) groups is 1. The third kappa shape index (κ3) is 3.43. The second-order valence-corrected chi connectivity index (χ2v) is 4.71. The Hall–Kier alpha value is -2.11. The van der Waals surface area contributed by atoms with Crippen molar-refractivity contribution >= 4 is 11.7 Å². The molecule has 1 N–H and O–H groups in total. The van der Waals surface area contributed by atoms with Crippen LogP contribution in [0.5, 0.6) is 0 Å². The topological polar surface area (TPSA) is 75.5 Å². The van der Waals surface area contributed by atoms with Crippen LogP contribution in [0.4, 0.5) is 10.5 Å². The van der Waals surface area contributed by atoms with Crippen molar-refractivity contribution in [2.45, 2.75) is 25.3 Å². The molecule has 0 radical (unpaired) electrons. The largest absolute Gasteiger partial charge is 0.338 e. The average molecular weight is 263 g/mol. The lowest BCUT2D eigenvalue weighted by Gasteiger charge is -2.16. The highest BCUT2D eigenvalue weighted by Crippen LogP contribution is 2.25. The van der Waals surface area contributed by atoms with Crippen molar-refractivity contribution in [1.82, 2.24) is 10.2 Å². The third-order valence-corrected chi connectivity index (χ3v) is 3.27. The Labute approximate surface area is 111 Å². The Balaban J connectivity index is 1.85. The number of hydrogen-bond donors (Lipinski definition) is 1. The van der Waals surface area contributed by atoms with E-state index in [2.05, 4.69) is 5.32 Å². The zero-order chi connectivity index (χ0) is 13.8. The van der Waals surface area contributed by atoms with Gasteiger partial charge in [-0.25, -0.2) is 4.79 Å². The molecule has 1 saturated carbocycles. The predicted molar refractivity (Wildman–Crippen MR) is 71.0 cm³/mol. The smallest absolute Gasteiger partial charge is 0.317 e. The summed E-state index contributed by atoms with van der Waals surface area (Å²) < 4.78 is 0. The van der Waals surface area contributed by atoms with Crippen LogP contribution in [0.1, 0.15) is 18.4 Å². The van der Waals surface area contributed by atoms with E-state index in [9.17, 15) is 14.9 Å². The van der Waals surface area contributed by atoms with Crippen LogP contribution in [0, 0.1) is 10.1 Å². The molecular weight excluding hydrogens is 246 g/mol. The van der Waals surface area contributed by atoms with Crippen LogP contribution in [-0.4, -0.2) is 35.5 Å². The van der Waals surface area contributed by atoms with Gasteiger partial charge in [0, 0.05) is 31.3 Å². The Kier molecular flexibility index (Phi) is 3.99. The zero-order valence-corrected chi connectivity index (χ0v) is 10.8. The standard InChI is InChI=1S/C13H17N3O3/c1-15(11-6-7-11)13(17)14-9-8-10-4-2-3-5-12(10)16(18)19/h2-5,11H,6-9H2,1H3,(H,14,17). The van der Waals surface area contributed by atoms with Gasteiger partial charge in [0.2, 0.25) is 0 Å². The van der Waals surface area contributed by atoms with Gasteiger partial charge < -0.3 is 10.2 Å². The quantitative estimate of drug-likeness (QED) is 0.651. The molecule has 1 aliphatic carbocycles. The Morgan fingerprint density at radius 1 is 1.47 bits per heavy atom. The van der Waals surface area contributed by atoms with E-state index < -0.39 is 4.92 Å². The summed E-state index contributed by atoms with van der Waals surface area (Å²) in [6, 6.07) is 6.86. The minimum atomic E-state index is -0.395. The van der Waals surface area contributed by atoms with Crippen molar-refractivity contribution in [3.63, 3.8) is 0 Å². The van der Waals surface area contributed by atoms with Gasteiger partial charge in [-0.05, 0) is 19.3 Å². The molecule has 102 valence electrons. The summed E-state index contributed by atoms with van der Waals surface area (Å²) in [5, 5.41) is 13.6. The van der Waals surface area contributed by atoms with Gasteiger partial charge >= 0.3 is 6.03 Å². The minimum absolute atomic E-state index is 0.104. The molecule has 0 saturated heterocycles. The highest BCUT2D eigenvalue weighted by atomic mass is 16.6. The molecule has 0 atom stereocenters. The van der Waals surface area contributed by atoms with Crippen molar-refractivity contribution in [2.24, 2.45) is 0 Å². The third-order valence-electron chi connectivity index (χ3n) is 3.27. The fourth-order valence-corrected chi connectivity index (χ4v) is 1.96. The maximum Gasteiger partial charge on any atom is 0.317 e. The number of para-hydroxylation sites is 1. The molecule has 0 heterocycles. The van der Waals surface area contributed by atoms with E-state index in [1.807, 2.05) is 0 Å². The molecule has 2 amide bonds. The fourth-order valence-electron chi connectivity index (χ4n) is 1.96. The van der Waals surface area contributed by atoms with E-state index in [1.165, 1.54) is 6.07 Å². The monoisotopic (exact) mass is 263 g/mol. The van der Waals surface area contributed by atoms with Gasteiger partial charge in [-0.1, -0.05) is 18.2 Å². The predicted octanol–water partition coefficient (Wildman–Crippen LogP) is 1.94. The summed E-state index contributed by atoms with van der Waals surface area (Å²) >= 11 is 0. The van der Waals surface area contributed by atoms with Crippen molar-refractivity contribution < 1.29 is 9.72 Å². The normalized spacial score (nSPS) is 13.9. The van der Waals surface area contributed by atoms with E-state index in [-0.39, 0.29) is 11.7 Å². The lowest BCUT2D eigenvalue weighted by Crippen LogP contribution is -2.39. The SMILES string of the molecule is CN(C(=O)NCCc1ccccc1[N+](=O)[O-])C1CC1. The van der Waals surface area contributed by atoms with Crippen molar-refractivity contribution in [3.05, 3.63) is 39.9 Å². The van der Waals surface area contributed by atoms with Crippen LogP contribution in [0.15, 0.2) is 24.3 Å². The summed E-state index contributed by atoms with van der Waals surface area (Å²) in [6.45, 7) is 0.404. The number of rotatable bonds is 5. The van der Waals surface area contributed by atoms with Crippen molar-refractivity contribution in [1.29, 1.82) is 0 Å². The highest BCUT2D eigenvalue weighted by Gasteiger charge is 2.29. The van der Waals surface area contributed by atoms with Gasteiger partial charge in [-0.3, -0.25) is 10.1 Å². The second-order valence-electron chi connectivity index (χ2n) is 4.71. The molecule has 0 aliphatic heterocycles. The van der Waals surface area contributed by atoms with E-state index in [1.54, 1.807) is 30.1 Å². The number of carbonyl (C=O) groups excluding carboxylic acids is 1. The lowest BCUT2D eigenvalue weighted by atomic mass is 10.1. The van der Waals surface area contributed by atoms with E-state index in [0.717, 1.165) is 12.8 Å². The number of amides is 2. The number of nitro benzene ring substituents is 1. The summed E-state index contributed by atoms with van der Waals surface area (Å²) in [5.41, 5.74) is 0.745. The molecular formula is C13H17N3O3. The zero-order valence-electron chi connectivity index (χ0n) is 10.8. The summed E-state index contributed by atoms with van der Waals surface area (Å²) in [5.74, 6) is 0. The maximum atomic E-state index is 11.7. The Bertz CT molecular complexity index is 486. The van der Waals surface area contributed by atoms with Crippen LogP contribution in [0.2, 0.25) is 0 Å². The first kappa shape index (κ1) is 13.3. The first-order chi connectivity index (χ1) is 9.09. The molecule has 19 heavy (non-hydrogen) atoms. The molecule has 1 fully saturated rings. The molecule has 1 aromatic rings. The number of nitro groups is 1. The molecule has 1 aromatic carbocycles. The fraction of sp³-hybridized carbons (Fsp3) is 0.462. The van der Waals surface area contributed by atoms with Crippen LogP contribution < -0.4 is 5.32 Å². The molecule has 2 rings (SSSR count). The van der Waals surface area contributed by atoms with Crippen molar-refractivity contribution in [3.8, 4) is 0 Å². The molecule has 0 unspecified atom stereocenters. The lowest BCUT2D eigenvalue weighted by molar-refractivity contribution is -0.385. The number of nitrogens with zero attached hydrogens (tertiary/aromatic N) is 2. The number of nitrogens with one attached hydrogen (secondary N) is 1. The van der Waals surface area contributed by atoms with E-state index in [0.29, 0.717) is 24.6 Å². The number of urea groups is 1. The number of benzene rings is 1. The molecule has 0 aromatic heterocycles. The van der Waals surface area contributed by atoms with Gasteiger partial charge in [0.25, 0.3) is 5.69 Å². The van der Waals surface area contributed by atoms with E-state index in [4.69, 9.17) is 0 Å². The van der Waals surface area contributed by atoms with Crippen LogP contribution >= 0.6 is 0 Å². The van der Waals surface area contributed by atoms with Crippen LogP contribution in [0.25, 0.3) is 0 Å². The average Bonchev–Trinajstić information content (AvgIpc) is 3.22. The van der Waals surface area contributed by atoms with Gasteiger partial charge in [0.05, 0.1) is 4.92 Å².